The van der Waals surface area contributed by atoms with E-state index >= 15 is 0 Å². The van der Waals surface area contributed by atoms with E-state index in [-0.39, 0.29) is 23.9 Å². The molecule has 7 heteroatoms. The van der Waals surface area contributed by atoms with Crippen molar-refractivity contribution in [3.63, 3.8) is 0 Å². The molecule has 2 aliphatic carbocycles. The highest BCUT2D eigenvalue weighted by Crippen LogP contribution is 2.34. The van der Waals surface area contributed by atoms with Gasteiger partial charge < -0.3 is 10.2 Å². The zero-order chi connectivity index (χ0) is 20.2. The molecule has 0 spiro atoms. The van der Waals surface area contributed by atoms with Gasteiger partial charge in [0.1, 0.15) is 6.04 Å². The predicted molar refractivity (Wildman–Crippen MR) is 113 cm³/mol. The van der Waals surface area contributed by atoms with E-state index in [4.69, 9.17) is 0 Å². The normalized spacial score (nSPS) is 18.7. The van der Waals surface area contributed by atoms with Crippen molar-refractivity contribution in [2.75, 3.05) is 0 Å². The molecule has 29 heavy (non-hydrogen) atoms. The molecule has 2 fully saturated rings. The van der Waals surface area contributed by atoms with Crippen molar-refractivity contribution in [2.45, 2.75) is 76.4 Å². The monoisotopic (exact) mass is 412 g/mol. The van der Waals surface area contributed by atoms with E-state index in [1.165, 1.54) is 0 Å². The van der Waals surface area contributed by atoms with Crippen LogP contribution in [0.25, 0.3) is 0 Å². The first kappa shape index (κ1) is 20.0. The number of nitrogens with one attached hydrogen (secondary N) is 1. The molecular formula is C22H28N4O2S. The summed E-state index contributed by atoms with van der Waals surface area (Å²) in [5.74, 6) is -0.273. The van der Waals surface area contributed by atoms with Gasteiger partial charge in [-0.15, -0.1) is 5.10 Å². The molecule has 6 nitrogen and oxygen atoms in total. The number of aryl methyl sites for hydroxylation is 1. The van der Waals surface area contributed by atoms with Gasteiger partial charge in [0, 0.05) is 17.5 Å². The summed E-state index contributed by atoms with van der Waals surface area (Å²) in [4.78, 5) is 28.8. The maximum absolute atomic E-state index is 13.5. The summed E-state index contributed by atoms with van der Waals surface area (Å²) in [5.41, 5.74) is 2.27. The first-order chi connectivity index (χ1) is 14.1. The fourth-order valence-corrected chi connectivity index (χ4v) is 5.13. The summed E-state index contributed by atoms with van der Waals surface area (Å²) in [7, 11) is 0. The van der Waals surface area contributed by atoms with Gasteiger partial charge in [0.05, 0.1) is 0 Å². The third-order valence-corrected chi connectivity index (χ3v) is 6.62. The predicted octanol–water partition coefficient (Wildman–Crippen LogP) is 4.03. The molecule has 1 heterocycles. The number of rotatable bonds is 6. The molecule has 2 aromatic rings. The van der Waals surface area contributed by atoms with Gasteiger partial charge in [0.15, 0.2) is 5.69 Å². The topological polar surface area (TPSA) is 75.2 Å². The fourth-order valence-electron chi connectivity index (χ4n) is 4.70. The molecule has 2 aliphatic rings. The summed E-state index contributed by atoms with van der Waals surface area (Å²) in [6.07, 6.45) is 8.32. The van der Waals surface area contributed by atoms with Crippen LogP contribution in [0.2, 0.25) is 0 Å². The number of benzene rings is 1. The maximum Gasteiger partial charge on any atom is 0.276 e. The first-order valence-corrected chi connectivity index (χ1v) is 11.4. The lowest BCUT2D eigenvalue weighted by molar-refractivity contribution is -0.127. The summed E-state index contributed by atoms with van der Waals surface area (Å²) in [6, 6.07) is 7.56. The Morgan fingerprint density at radius 2 is 1.86 bits per heavy atom. The van der Waals surface area contributed by atoms with Crippen LogP contribution in [-0.2, 0) is 4.79 Å². The van der Waals surface area contributed by atoms with Crippen molar-refractivity contribution in [2.24, 2.45) is 0 Å². The summed E-state index contributed by atoms with van der Waals surface area (Å²) in [5, 5.41) is 8.92. The van der Waals surface area contributed by atoms with Crippen LogP contribution in [0.5, 0.6) is 0 Å². The lowest BCUT2D eigenvalue weighted by Crippen LogP contribution is -2.49. The second-order valence-electron chi connectivity index (χ2n) is 8.25. The molecule has 0 unspecified atom stereocenters. The van der Waals surface area contributed by atoms with Crippen molar-refractivity contribution in [1.29, 1.82) is 0 Å². The van der Waals surface area contributed by atoms with E-state index in [0.717, 1.165) is 74.0 Å². The van der Waals surface area contributed by atoms with Gasteiger partial charge >= 0.3 is 0 Å². The van der Waals surface area contributed by atoms with Crippen LogP contribution >= 0.6 is 11.5 Å². The van der Waals surface area contributed by atoms with Crippen LogP contribution in [0.4, 0.5) is 0 Å². The van der Waals surface area contributed by atoms with Gasteiger partial charge in [0.25, 0.3) is 5.91 Å². The molecule has 0 radical (unpaired) electrons. The number of aromatic nitrogens is 2. The van der Waals surface area contributed by atoms with E-state index in [9.17, 15) is 9.59 Å². The molecule has 1 aromatic carbocycles. The molecular weight excluding hydrogens is 384 g/mol. The fraction of sp³-hybridized carbons (Fsp3) is 0.545. The molecule has 2 amide bonds. The second-order valence-corrected chi connectivity index (χ2v) is 8.86. The van der Waals surface area contributed by atoms with Crippen LogP contribution in [0.3, 0.4) is 0 Å². The third-order valence-electron chi connectivity index (χ3n) is 6.12. The van der Waals surface area contributed by atoms with Crippen LogP contribution < -0.4 is 5.32 Å². The van der Waals surface area contributed by atoms with E-state index in [1.807, 2.05) is 31.2 Å². The van der Waals surface area contributed by atoms with Crippen molar-refractivity contribution < 1.29 is 9.59 Å². The van der Waals surface area contributed by atoms with E-state index in [2.05, 4.69) is 14.9 Å². The molecule has 0 saturated heterocycles. The number of hydrogen-bond donors (Lipinski definition) is 1. The number of amides is 2. The van der Waals surface area contributed by atoms with Crippen molar-refractivity contribution in [3.05, 3.63) is 46.5 Å². The lowest BCUT2D eigenvalue weighted by Gasteiger charge is -2.36. The highest BCUT2D eigenvalue weighted by Gasteiger charge is 2.39. The van der Waals surface area contributed by atoms with Gasteiger partial charge in [0.2, 0.25) is 5.91 Å². The first-order valence-electron chi connectivity index (χ1n) is 10.6. The average molecular weight is 413 g/mol. The Bertz CT molecular complexity index is 842. The minimum atomic E-state index is -0.646. The number of hydrogen-bond acceptors (Lipinski definition) is 5. The Morgan fingerprint density at radius 1 is 1.14 bits per heavy atom. The van der Waals surface area contributed by atoms with Crippen LogP contribution in [0, 0.1) is 6.92 Å². The lowest BCUT2D eigenvalue weighted by atomic mass is 9.98. The van der Waals surface area contributed by atoms with Crippen LogP contribution in [-0.4, -0.2) is 38.4 Å². The Hall–Kier alpha value is -2.28. The molecule has 1 atom stereocenters. The van der Waals surface area contributed by atoms with Gasteiger partial charge in [-0.05, 0) is 49.7 Å². The minimum absolute atomic E-state index is 0.0454. The maximum atomic E-state index is 13.5. The van der Waals surface area contributed by atoms with Crippen molar-refractivity contribution in [1.82, 2.24) is 19.8 Å². The van der Waals surface area contributed by atoms with E-state index in [0.29, 0.717) is 5.69 Å². The number of carbonyl (C=O) groups is 2. The zero-order valence-electron chi connectivity index (χ0n) is 16.8. The van der Waals surface area contributed by atoms with Crippen molar-refractivity contribution in [3.8, 4) is 0 Å². The summed E-state index contributed by atoms with van der Waals surface area (Å²) >= 11 is 1.16. The van der Waals surface area contributed by atoms with Crippen molar-refractivity contribution >= 4 is 23.3 Å². The Balaban J connectivity index is 1.72. The highest BCUT2D eigenvalue weighted by atomic mass is 32.1. The molecule has 0 bridgehead atoms. The zero-order valence-corrected chi connectivity index (χ0v) is 17.7. The summed E-state index contributed by atoms with van der Waals surface area (Å²) in [6.45, 7) is 2.02. The van der Waals surface area contributed by atoms with E-state index < -0.39 is 6.04 Å². The molecule has 0 aliphatic heterocycles. The van der Waals surface area contributed by atoms with Gasteiger partial charge in [-0.3, -0.25) is 9.59 Å². The molecule has 2 saturated carbocycles. The van der Waals surface area contributed by atoms with E-state index in [1.54, 1.807) is 10.3 Å². The van der Waals surface area contributed by atoms with Crippen LogP contribution in [0.1, 0.15) is 79.0 Å². The Morgan fingerprint density at radius 3 is 2.52 bits per heavy atom. The molecule has 4 rings (SSSR count). The van der Waals surface area contributed by atoms with Gasteiger partial charge in [-0.25, -0.2) is 0 Å². The van der Waals surface area contributed by atoms with Crippen LogP contribution in [0.15, 0.2) is 29.6 Å². The molecule has 154 valence electrons. The standard InChI is InChI=1S/C22H28N4O2S/c1-15-7-6-8-16(13-15)20(21(27)23-17-9-2-3-10-17)26(18-11-4-5-12-18)22(28)19-14-29-25-24-19/h6-8,13-14,17-18,20H,2-5,9-12H2,1H3,(H,23,27)/t20-/m0/s1. The molecule has 1 aromatic heterocycles. The quantitative estimate of drug-likeness (QED) is 0.777. The SMILES string of the molecule is Cc1cccc([C@@H](C(=O)NC2CCCC2)N(C(=O)c2csnn2)C2CCCC2)c1. The second kappa shape index (κ2) is 9.03. The summed E-state index contributed by atoms with van der Waals surface area (Å²) < 4.78 is 3.87. The smallest absolute Gasteiger partial charge is 0.276 e. The molecule has 1 N–H and O–H groups in total. The largest absolute Gasteiger partial charge is 0.351 e. The number of nitrogens with zero attached hydrogens (tertiary/aromatic N) is 3. The minimum Gasteiger partial charge on any atom is -0.351 e. The number of carbonyl (C=O) groups excluding carboxylic acids is 2. The average Bonchev–Trinajstić information content (AvgIpc) is 3.49. The van der Waals surface area contributed by atoms with Gasteiger partial charge in [-0.1, -0.05) is 60.0 Å². The Labute approximate surface area is 175 Å². The third kappa shape index (κ3) is 4.50. The highest BCUT2D eigenvalue weighted by molar-refractivity contribution is 7.03. The Kier molecular flexibility index (Phi) is 6.23. The van der Waals surface area contributed by atoms with Gasteiger partial charge in [-0.2, -0.15) is 0 Å².